The van der Waals surface area contributed by atoms with Crippen LogP contribution in [0.3, 0.4) is 0 Å². The molecule has 0 aliphatic rings. The number of benzene rings is 2. The van der Waals surface area contributed by atoms with Gasteiger partial charge in [0.1, 0.15) is 11.8 Å². The van der Waals surface area contributed by atoms with Gasteiger partial charge in [-0.25, -0.2) is 4.79 Å². The summed E-state index contributed by atoms with van der Waals surface area (Å²) in [6.45, 7) is 1.52. The zero-order chi connectivity index (χ0) is 20.1. The molecule has 0 saturated carbocycles. The Balaban J connectivity index is 2.38. The van der Waals surface area contributed by atoms with Crippen molar-refractivity contribution in [2.24, 2.45) is 0 Å². The lowest BCUT2D eigenvalue weighted by molar-refractivity contribution is -0.385. The summed E-state index contributed by atoms with van der Waals surface area (Å²) in [5.41, 5.74) is 0.782. The molecule has 0 saturated heterocycles. The van der Waals surface area contributed by atoms with Gasteiger partial charge in [0.15, 0.2) is 0 Å². The Morgan fingerprint density at radius 2 is 1.89 bits per heavy atom. The molecule has 1 atom stereocenters. The van der Waals surface area contributed by atoms with Crippen molar-refractivity contribution in [3.8, 4) is 5.75 Å². The quantitative estimate of drug-likeness (QED) is 0.591. The molecule has 0 aromatic heterocycles. The molecule has 0 bridgehead atoms. The van der Waals surface area contributed by atoms with Crippen LogP contribution in [0, 0.1) is 17.0 Å². The van der Waals surface area contributed by atoms with Gasteiger partial charge in [-0.3, -0.25) is 14.9 Å². The molecule has 0 aliphatic heterocycles. The third kappa shape index (κ3) is 4.41. The molecule has 1 N–H and O–H groups in total. The number of nitro benzene ring substituents is 1. The van der Waals surface area contributed by atoms with Crippen LogP contribution in [-0.4, -0.2) is 47.0 Å². The molecular weight excluding hydrogens is 352 g/mol. The van der Waals surface area contributed by atoms with E-state index in [1.54, 1.807) is 24.3 Å². The summed E-state index contributed by atoms with van der Waals surface area (Å²) in [5.74, 6) is -1.61. The number of nitro groups is 1. The highest BCUT2D eigenvalue weighted by Crippen LogP contribution is 2.30. The van der Waals surface area contributed by atoms with Gasteiger partial charge < -0.3 is 14.7 Å². The molecule has 2 rings (SSSR count). The standard InChI is InChI=1S/C19H20N2O6/c1-12-15(21(25)26)10-14(11-17(12)27-3)18(22)20(2)16(19(23)24)9-13-7-5-4-6-8-13/h4-8,10-11,16H,9H2,1-3H3,(H,23,24). The van der Waals surface area contributed by atoms with Crippen molar-refractivity contribution >= 4 is 17.6 Å². The number of carboxylic acids is 1. The number of methoxy groups -OCH3 is 1. The van der Waals surface area contributed by atoms with Crippen molar-refractivity contribution in [2.45, 2.75) is 19.4 Å². The van der Waals surface area contributed by atoms with Gasteiger partial charge in [-0.05, 0) is 18.6 Å². The molecule has 1 unspecified atom stereocenters. The first kappa shape index (κ1) is 19.9. The zero-order valence-corrected chi connectivity index (χ0v) is 15.2. The van der Waals surface area contributed by atoms with Crippen molar-refractivity contribution in [2.75, 3.05) is 14.2 Å². The van der Waals surface area contributed by atoms with E-state index in [0.717, 1.165) is 16.5 Å². The van der Waals surface area contributed by atoms with Gasteiger partial charge in [0, 0.05) is 19.5 Å². The number of aliphatic carboxylic acids is 1. The summed E-state index contributed by atoms with van der Waals surface area (Å²) in [7, 11) is 2.71. The predicted octanol–water partition coefficient (Wildman–Crippen LogP) is 2.68. The number of carbonyl (C=O) groups excluding carboxylic acids is 1. The SMILES string of the molecule is COc1cc(C(=O)N(C)C(Cc2ccccc2)C(=O)O)cc([N+](=O)[O-])c1C. The fraction of sp³-hybridized carbons (Fsp3) is 0.263. The van der Waals surface area contributed by atoms with E-state index in [4.69, 9.17) is 4.74 Å². The first-order valence-corrected chi connectivity index (χ1v) is 8.13. The number of carboxylic acid groups (broad SMARTS) is 1. The maximum atomic E-state index is 12.8. The Kier molecular flexibility index (Phi) is 6.12. The second-order valence-corrected chi connectivity index (χ2v) is 6.04. The topological polar surface area (TPSA) is 110 Å². The van der Waals surface area contributed by atoms with E-state index >= 15 is 0 Å². The average molecular weight is 372 g/mol. The molecule has 1 amide bonds. The number of nitrogens with zero attached hydrogens (tertiary/aromatic N) is 2. The molecule has 0 fully saturated rings. The van der Waals surface area contributed by atoms with Crippen LogP contribution in [0.25, 0.3) is 0 Å². The predicted molar refractivity (Wildman–Crippen MR) is 98.0 cm³/mol. The number of ether oxygens (including phenoxy) is 1. The van der Waals surface area contributed by atoms with Crippen LogP contribution in [0.15, 0.2) is 42.5 Å². The molecule has 8 nitrogen and oxygen atoms in total. The van der Waals surface area contributed by atoms with Gasteiger partial charge in [-0.15, -0.1) is 0 Å². The second kappa shape index (κ2) is 8.31. The molecule has 0 aliphatic carbocycles. The van der Waals surface area contributed by atoms with Crippen molar-refractivity contribution < 1.29 is 24.4 Å². The van der Waals surface area contributed by atoms with Crippen LogP contribution in [-0.2, 0) is 11.2 Å². The molecule has 2 aromatic rings. The minimum absolute atomic E-state index is 0.00837. The van der Waals surface area contributed by atoms with Gasteiger partial charge in [0.2, 0.25) is 0 Å². The first-order valence-electron chi connectivity index (χ1n) is 8.13. The molecule has 2 aromatic carbocycles. The maximum absolute atomic E-state index is 12.8. The molecule has 27 heavy (non-hydrogen) atoms. The van der Waals surface area contributed by atoms with Gasteiger partial charge in [0.05, 0.1) is 23.2 Å². The second-order valence-electron chi connectivity index (χ2n) is 6.04. The Morgan fingerprint density at radius 3 is 2.41 bits per heavy atom. The lowest BCUT2D eigenvalue weighted by Crippen LogP contribution is -2.43. The van der Waals surface area contributed by atoms with Crippen LogP contribution in [0.5, 0.6) is 5.75 Å². The third-order valence-corrected chi connectivity index (χ3v) is 4.34. The summed E-state index contributed by atoms with van der Waals surface area (Å²) in [5, 5.41) is 20.8. The maximum Gasteiger partial charge on any atom is 0.326 e. The van der Waals surface area contributed by atoms with Crippen LogP contribution < -0.4 is 4.74 Å². The lowest BCUT2D eigenvalue weighted by atomic mass is 10.0. The molecular formula is C19H20N2O6. The summed E-state index contributed by atoms with van der Waals surface area (Å²) < 4.78 is 5.12. The number of carbonyl (C=O) groups is 2. The Morgan fingerprint density at radius 1 is 1.26 bits per heavy atom. The number of hydrogen-bond donors (Lipinski definition) is 1. The highest BCUT2D eigenvalue weighted by atomic mass is 16.6. The van der Waals surface area contributed by atoms with Gasteiger partial charge in [-0.2, -0.15) is 0 Å². The number of likely N-dealkylation sites (N-methyl/N-ethyl adjacent to an activating group) is 1. The zero-order valence-electron chi connectivity index (χ0n) is 15.2. The largest absolute Gasteiger partial charge is 0.496 e. The molecule has 142 valence electrons. The summed E-state index contributed by atoms with van der Waals surface area (Å²) in [4.78, 5) is 36.2. The molecule has 0 spiro atoms. The normalized spacial score (nSPS) is 11.5. The van der Waals surface area contributed by atoms with Crippen LogP contribution in [0.1, 0.15) is 21.5 Å². The fourth-order valence-corrected chi connectivity index (χ4v) is 2.77. The van der Waals surface area contributed by atoms with E-state index in [2.05, 4.69) is 0 Å². The van der Waals surface area contributed by atoms with E-state index in [9.17, 15) is 24.8 Å². The van der Waals surface area contributed by atoms with Crippen LogP contribution in [0.2, 0.25) is 0 Å². The first-order chi connectivity index (χ1) is 12.8. The summed E-state index contributed by atoms with van der Waals surface area (Å²) in [6, 6.07) is 10.3. The molecule has 8 heteroatoms. The highest BCUT2D eigenvalue weighted by molar-refractivity contribution is 5.97. The average Bonchev–Trinajstić information content (AvgIpc) is 2.65. The van der Waals surface area contributed by atoms with Gasteiger partial charge in [-0.1, -0.05) is 30.3 Å². The van der Waals surface area contributed by atoms with Crippen molar-refractivity contribution in [3.05, 3.63) is 69.3 Å². The van der Waals surface area contributed by atoms with E-state index in [1.165, 1.54) is 27.1 Å². The van der Waals surface area contributed by atoms with Crippen molar-refractivity contribution in [1.29, 1.82) is 0 Å². The van der Waals surface area contributed by atoms with E-state index < -0.39 is 22.8 Å². The highest BCUT2D eigenvalue weighted by Gasteiger charge is 2.29. The molecule has 0 heterocycles. The monoisotopic (exact) mass is 372 g/mol. The lowest BCUT2D eigenvalue weighted by Gasteiger charge is -2.25. The third-order valence-electron chi connectivity index (χ3n) is 4.34. The smallest absolute Gasteiger partial charge is 0.326 e. The Labute approximate surface area is 156 Å². The van der Waals surface area contributed by atoms with Crippen molar-refractivity contribution in [1.82, 2.24) is 4.90 Å². The summed E-state index contributed by atoms with van der Waals surface area (Å²) in [6.07, 6.45) is 0.115. The Hall–Kier alpha value is -3.42. The van der Waals surface area contributed by atoms with Gasteiger partial charge in [0.25, 0.3) is 11.6 Å². The Bertz CT molecular complexity index is 866. The number of hydrogen-bond acceptors (Lipinski definition) is 5. The van der Waals surface area contributed by atoms with Crippen LogP contribution in [0.4, 0.5) is 5.69 Å². The van der Waals surface area contributed by atoms with Crippen molar-refractivity contribution in [3.63, 3.8) is 0 Å². The summed E-state index contributed by atoms with van der Waals surface area (Å²) >= 11 is 0. The van der Waals surface area contributed by atoms with Crippen LogP contribution >= 0.6 is 0 Å². The minimum atomic E-state index is -1.16. The fourth-order valence-electron chi connectivity index (χ4n) is 2.77. The molecule has 0 radical (unpaired) electrons. The van der Waals surface area contributed by atoms with E-state index in [-0.39, 0.29) is 23.4 Å². The van der Waals surface area contributed by atoms with E-state index in [0.29, 0.717) is 5.56 Å². The van der Waals surface area contributed by atoms with Gasteiger partial charge >= 0.3 is 5.97 Å². The number of rotatable bonds is 7. The minimum Gasteiger partial charge on any atom is -0.496 e. The van der Waals surface area contributed by atoms with E-state index in [1.807, 2.05) is 6.07 Å². The number of amides is 1.